The first-order valence-corrected chi connectivity index (χ1v) is 6.28. The van der Waals surface area contributed by atoms with E-state index in [-0.39, 0.29) is 28.9 Å². The van der Waals surface area contributed by atoms with E-state index >= 15 is 0 Å². The number of aliphatic hydroxyl groups excluding tert-OH is 1. The number of carbonyl (C=O) groups excluding carboxylic acids is 1. The lowest BCUT2D eigenvalue weighted by Gasteiger charge is -2.22. The van der Waals surface area contributed by atoms with Gasteiger partial charge in [0, 0.05) is 17.6 Å². The maximum atomic E-state index is 12.3. The Kier molecular flexibility index (Phi) is 4.01. The second kappa shape index (κ2) is 5.54. The molecule has 6 nitrogen and oxygen atoms in total. The summed E-state index contributed by atoms with van der Waals surface area (Å²) in [4.78, 5) is 24.2. The molecule has 1 aromatic rings. The van der Waals surface area contributed by atoms with E-state index in [0.717, 1.165) is 6.42 Å². The zero-order valence-corrected chi connectivity index (χ0v) is 10.8. The van der Waals surface area contributed by atoms with E-state index in [1.807, 2.05) is 0 Å². The zero-order valence-electron chi connectivity index (χ0n) is 10.1. The molecule has 1 aliphatic rings. The number of likely N-dealkylation sites (tertiary alicyclic amines) is 1. The fourth-order valence-corrected chi connectivity index (χ4v) is 2.46. The zero-order chi connectivity index (χ0) is 14.0. The number of rotatable bonds is 3. The molecule has 19 heavy (non-hydrogen) atoms. The van der Waals surface area contributed by atoms with E-state index in [4.69, 9.17) is 11.6 Å². The third-order valence-corrected chi connectivity index (χ3v) is 3.47. The van der Waals surface area contributed by atoms with Crippen LogP contribution in [0.4, 0.5) is 5.69 Å². The van der Waals surface area contributed by atoms with Crippen LogP contribution in [0.15, 0.2) is 18.2 Å². The molecule has 0 aliphatic carbocycles. The minimum Gasteiger partial charge on any atom is -0.394 e. The molecule has 1 aromatic carbocycles. The molecule has 0 spiro atoms. The van der Waals surface area contributed by atoms with E-state index in [1.165, 1.54) is 23.1 Å². The van der Waals surface area contributed by atoms with Crippen molar-refractivity contribution in [3.63, 3.8) is 0 Å². The standard InChI is InChI=1S/C12H13ClN2O4/c13-8-3-4-11(15(18)19)10(6-8)12(17)14-5-1-2-9(14)7-16/h3-4,6,9,16H,1-2,5,7H2. The minimum absolute atomic E-state index is 0.0298. The van der Waals surface area contributed by atoms with Crippen molar-refractivity contribution in [1.29, 1.82) is 0 Å². The van der Waals surface area contributed by atoms with Gasteiger partial charge in [-0.3, -0.25) is 14.9 Å². The van der Waals surface area contributed by atoms with Crippen LogP contribution in [0.5, 0.6) is 0 Å². The Labute approximate surface area is 114 Å². The predicted molar refractivity (Wildman–Crippen MR) is 69.3 cm³/mol. The van der Waals surface area contributed by atoms with E-state index in [9.17, 15) is 20.0 Å². The lowest BCUT2D eigenvalue weighted by atomic mass is 10.1. The Bertz CT molecular complexity index is 520. The van der Waals surface area contributed by atoms with Crippen LogP contribution in [0.1, 0.15) is 23.2 Å². The topological polar surface area (TPSA) is 83.7 Å². The highest BCUT2D eigenvalue weighted by Gasteiger charge is 2.32. The van der Waals surface area contributed by atoms with Gasteiger partial charge < -0.3 is 10.0 Å². The van der Waals surface area contributed by atoms with Crippen molar-refractivity contribution in [3.05, 3.63) is 38.9 Å². The summed E-state index contributed by atoms with van der Waals surface area (Å²) in [5.41, 5.74) is -0.296. The highest BCUT2D eigenvalue weighted by molar-refractivity contribution is 6.31. The van der Waals surface area contributed by atoms with E-state index in [2.05, 4.69) is 0 Å². The van der Waals surface area contributed by atoms with Crippen LogP contribution in [-0.2, 0) is 0 Å². The predicted octanol–water partition coefficient (Wildman–Crippen LogP) is 1.85. The number of nitro benzene ring substituents is 1. The lowest BCUT2D eigenvalue weighted by molar-refractivity contribution is -0.385. The van der Waals surface area contributed by atoms with Gasteiger partial charge in [0.25, 0.3) is 11.6 Å². The van der Waals surface area contributed by atoms with Crippen molar-refractivity contribution >= 4 is 23.2 Å². The SMILES string of the molecule is O=C(c1cc(Cl)ccc1[N+](=O)[O-])N1CCCC1CO. The number of halogens is 1. The number of carbonyl (C=O) groups is 1. The number of nitrogens with zero attached hydrogens (tertiary/aromatic N) is 2. The summed E-state index contributed by atoms with van der Waals surface area (Å²) < 4.78 is 0. The summed E-state index contributed by atoms with van der Waals surface area (Å²) in [7, 11) is 0. The number of aliphatic hydroxyl groups is 1. The normalized spacial score (nSPS) is 18.6. The molecule has 1 fully saturated rings. The molecule has 1 N–H and O–H groups in total. The van der Waals surface area contributed by atoms with Crippen LogP contribution in [0.3, 0.4) is 0 Å². The molecule has 1 amide bonds. The Morgan fingerprint density at radius 3 is 2.95 bits per heavy atom. The quantitative estimate of drug-likeness (QED) is 0.678. The Hall–Kier alpha value is -1.66. The van der Waals surface area contributed by atoms with Crippen molar-refractivity contribution in [2.75, 3.05) is 13.2 Å². The number of amides is 1. The molecule has 0 aromatic heterocycles. The maximum absolute atomic E-state index is 12.3. The number of benzene rings is 1. The summed E-state index contributed by atoms with van der Waals surface area (Å²) in [5, 5.41) is 20.4. The Morgan fingerprint density at radius 1 is 1.58 bits per heavy atom. The molecule has 1 unspecified atom stereocenters. The molecule has 1 atom stereocenters. The molecule has 0 saturated carbocycles. The van der Waals surface area contributed by atoms with Gasteiger partial charge >= 0.3 is 0 Å². The summed E-state index contributed by atoms with van der Waals surface area (Å²) in [6.07, 6.45) is 1.49. The van der Waals surface area contributed by atoms with E-state index in [1.54, 1.807) is 0 Å². The average molecular weight is 285 g/mol. The van der Waals surface area contributed by atoms with Gasteiger partial charge in [0.2, 0.25) is 0 Å². The maximum Gasteiger partial charge on any atom is 0.282 e. The van der Waals surface area contributed by atoms with Gasteiger partial charge in [0.05, 0.1) is 17.6 Å². The molecule has 2 rings (SSSR count). The summed E-state index contributed by atoms with van der Waals surface area (Å²) in [6.45, 7) is 0.355. The van der Waals surface area contributed by atoms with Crippen LogP contribution in [-0.4, -0.2) is 40.0 Å². The summed E-state index contributed by atoms with van der Waals surface area (Å²) in [6, 6.07) is 3.63. The molecule has 1 saturated heterocycles. The molecule has 0 bridgehead atoms. The first-order valence-electron chi connectivity index (χ1n) is 5.90. The first kappa shape index (κ1) is 13.8. The average Bonchev–Trinajstić information content (AvgIpc) is 2.85. The molecule has 1 aliphatic heterocycles. The van der Waals surface area contributed by atoms with Gasteiger partial charge in [-0.25, -0.2) is 0 Å². The monoisotopic (exact) mass is 284 g/mol. The molecular formula is C12H13ClN2O4. The van der Waals surface area contributed by atoms with E-state index in [0.29, 0.717) is 13.0 Å². The van der Waals surface area contributed by atoms with Crippen LogP contribution in [0, 0.1) is 10.1 Å². The van der Waals surface area contributed by atoms with Crippen LogP contribution in [0.2, 0.25) is 5.02 Å². The third-order valence-electron chi connectivity index (χ3n) is 3.23. The van der Waals surface area contributed by atoms with Gasteiger partial charge in [-0.05, 0) is 25.0 Å². The van der Waals surface area contributed by atoms with Crippen LogP contribution >= 0.6 is 11.6 Å². The second-order valence-corrected chi connectivity index (χ2v) is 4.83. The van der Waals surface area contributed by atoms with Gasteiger partial charge in [-0.2, -0.15) is 0 Å². The number of hydrogen-bond donors (Lipinski definition) is 1. The molecule has 7 heteroatoms. The van der Waals surface area contributed by atoms with Crippen LogP contribution < -0.4 is 0 Å². The molecule has 0 radical (unpaired) electrons. The number of nitro groups is 1. The van der Waals surface area contributed by atoms with Crippen molar-refractivity contribution in [3.8, 4) is 0 Å². The fraction of sp³-hybridized carbons (Fsp3) is 0.417. The second-order valence-electron chi connectivity index (χ2n) is 4.40. The minimum atomic E-state index is -0.604. The smallest absolute Gasteiger partial charge is 0.282 e. The Morgan fingerprint density at radius 2 is 2.32 bits per heavy atom. The van der Waals surface area contributed by atoms with Crippen molar-refractivity contribution < 1.29 is 14.8 Å². The van der Waals surface area contributed by atoms with Crippen molar-refractivity contribution in [2.45, 2.75) is 18.9 Å². The molecule has 102 valence electrons. The Balaban J connectivity index is 2.37. The fourth-order valence-electron chi connectivity index (χ4n) is 2.29. The largest absolute Gasteiger partial charge is 0.394 e. The van der Waals surface area contributed by atoms with Gasteiger partial charge in [0.1, 0.15) is 5.56 Å². The van der Waals surface area contributed by atoms with Gasteiger partial charge in [-0.1, -0.05) is 11.6 Å². The van der Waals surface area contributed by atoms with Crippen LogP contribution in [0.25, 0.3) is 0 Å². The summed E-state index contributed by atoms with van der Waals surface area (Å²) in [5.74, 6) is -0.453. The van der Waals surface area contributed by atoms with Crippen molar-refractivity contribution in [2.24, 2.45) is 0 Å². The first-order chi connectivity index (χ1) is 9.04. The summed E-state index contributed by atoms with van der Waals surface area (Å²) >= 11 is 5.80. The number of hydrogen-bond acceptors (Lipinski definition) is 4. The van der Waals surface area contributed by atoms with E-state index < -0.39 is 10.8 Å². The highest BCUT2D eigenvalue weighted by Crippen LogP contribution is 2.27. The van der Waals surface area contributed by atoms with Crippen molar-refractivity contribution in [1.82, 2.24) is 4.90 Å². The van der Waals surface area contributed by atoms with Gasteiger partial charge in [-0.15, -0.1) is 0 Å². The third kappa shape index (κ3) is 2.69. The highest BCUT2D eigenvalue weighted by atomic mass is 35.5. The lowest BCUT2D eigenvalue weighted by Crippen LogP contribution is -2.37. The molecule has 1 heterocycles. The van der Waals surface area contributed by atoms with Gasteiger partial charge in [0.15, 0.2) is 0 Å². The molecular weight excluding hydrogens is 272 g/mol.